The molecule has 3 heterocycles. The number of amides is 1. The highest BCUT2D eigenvalue weighted by molar-refractivity contribution is 5.98. The molecule has 0 spiro atoms. The van der Waals surface area contributed by atoms with Crippen LogP contribution < -0.4 is 5.32 Å². The number of aromatic nitrogens is 4. The second kappa shape index (κ2) is 8.02. The van der Waals surface area contributed by atoms with Crippen LogP contribution in [-0.2, 0) is 9.53 Å². The van der Waals surface area contributed by atoms with Gasteiger partial charge in [-0.3, -0.25) is 4.79 Å². The molecule has 0 aliphatic carbocycles. The van der Waals surface area contributed by atoms with Crippen molar-refractivity contribution in [3.05, 3.63) is 64.8 Å². The summed E-state index contributed by atoms with van der Waals surface area (Å²) in [6, 6.07) is 10.8. The Hall–Kier alpha value is -4.01. The second-order valence-electron chi connectivity index (χ2n) is 7.21. The molecule has 1 N–H and O–H groups in total. The normalized spacial score (nSPS) is 11.0. The lowest BCUT2D eigenvalue weighted by Crippen LogP contribution is -2.23. The van der Waals surface area contributed by atoms with E-state index in [0.717, 1.165) is 16.8 Å². The Morgan fingerprint density at radius 2 is 1.74 bits per heavy atom. The molecule has 4 aromatic rings. The molecule has 0 aliphatic rings. The van der Waals surface area contributed by atoms with Crippen molar-refractivity contribution >= 4 is 28.7 Å². The molecule has 0 unspecified atom stereocenters. The van der Waals surface area contributed by atoms with Gasteiger partial charge in [0.1, 0.15) is 11.4 Å². The topological polar surface area (TPSA) is 112 Å². The highest BCUT2D eigenvalue weighted by Gasteiger charge is 2.20. The quantitative estimate of drug-likeness (QED) is 0.493. The van der Waals surface area contributed by atoms with Crippen LogP contribution in [0.5, 0.6) is 0 Å². The predicted octanol–water partition coefficient (Wildman–Crippen LogP) is 3.44. The first-order chi connectivity index (χ1) is 14.8. The van der Waals surface area contributed by atoms with Crippen LogP contribution in [0, 0.1) is 27.7 Å². The van der Waals surface area contributed by atoms with Crippen LogP contribution in [0.2, 0.25) is 0 Å². The van der Waals surface area contributed by atoms with Crippen molar-refractivity contribution in [1.82, 2.24) is 19.7 Å². The number of anilines is 1. The fourth-order valence-corrected chi connectivity index (χ4v) is 3.29. The van der Waals surface area contributed by atoms with Crippen molar-refractivity contribution in [1.29, 1.82) is 0 Å². The molecule has 1 aromatic carbocycles. The second-order valence-corrected chi connectivity index (χ2v) is 7.21. The summed E-state index contributed by atoms with van der Waals surface area (Å²) in [7, 11) is 0. The number of nitrogens with zero attached hydrogens (tertiary/aromatic N) is 4. The Morgan fingerprint density at radius 1 is 1.03 bits per heavy atom. The SMILES string of the molecule is Cc1cc(C)nc(-n2nc(C)cc2NC(=O)COC(=O)c2oc3ccccc3c2C)n1. The maximum Gasteiger partial charge on any atom is 0.375 e. The summed E-state index contributed by atoms with van der Waals surface area (Å²) in [6.07, 6.45) is 0. The van der Waals surface area contributed by atoms with Crippen LogP contribution >= 0.6 is 0 Å². The summed E-state index contributed by atoms with van der Waals surface area (Å²) in [6.45, 7) is 6.79. The molecule has 0 bridgehead atoms. The van der Waals surface area contributed by atoms with Gasteiger partial charge in [-0.05, 0) is 39.8 Å². The van der Waals surface area contributed by atoms with Crippen molar-refractivity contribution in [2.24, 2.45) is 0 Å². The number of hydrogen-bond acceptors (Lipinski definition) is 7. The lowest BCUT2D eigenvalue weighted by atomic mass is 10.1. The monoisotopic (exact) mass is 419 g/mol. The zero-order chi connectivity index (χ0) is 22.1. The molecule has 9 nitrogen and oxygen atoms in total. The summed E-state index contributed by atoms with van der Waals surface area (Å²) in [5.41, 5.74) is 3.49. The van der Waals surface area contributed by atoms with Gasteiger partial charge in [-0.2, -0.15) is 9.78 Å². The first-order valence-electron chi connectivity index (χ1n) is 9.66. The van der Waals surface area contributed by atoms with E-state index >= 15 is 0 Å². The Balaban J connectivity index is 1.47. The Bertz CT molecular complexity index is 1280. The summed E-state index contributed by atoms with van der Waals surface area (Å²) in [4.78, 5) is 33.6. The average molecular weight is 419 g/mol. The molecule has 1 amide bonds. The van der Waals surface area contributed by atoms with Gasteiger partial charge in [-0.15, -0.1) is 0 Å². The van der Waals surface area contributed by atoms with Crippen LogP contribution in [0.4, 0.5) is 5.82 Å². The zero-order valence-electron chi connectivity index (χ0n) is 17.6. The number of hydrogen-bond donors (Lipinski definition) is 1. The molecular formula is C22H21N5O4. The van der Waals surface area contributed by atoms with Crippen molar-refractivity contribution in [2.45, 2.75) is 27.7 Å². The maximum atomic E-state index is 12.4. The van der Waals surface area contributed by atoms with Crippen LogP contribution in [0.1, 0.15) is 33.2 Å². The van der Waals surface area contributed by atoms with Crippen molar-refractivity contribution in [3.63, 3.8) is 0 Å². The van der Waals surface area contributed by atoms with Gasteiger partial charge in [0.05, 0.1) is 5.69 Å². The Kier molecular flexibility index (Phi) is 5.24. The van der Waals surface area contributed by atoms with E-state index in [1.807, 2.05) is 38.1 Å². The molecule has 3 aromatic heterocycles. The van der Waals surface area contributed by atoms with E-state index in [0.29, 0.717) is 28.6 Å². The molecule has 0 aliphatic heterocycles. The van der Waals surface area contributed by atoms with Crippen molar-refractivity contribution < 1.29 is 18.7 Å². The number of benzene rings is 1. The number of furan rings is 1. The molecule has 0 radical (unpaired) electrons. The number of aryl methyl sites for hydroxylation is 4. The van der Waals surface area contributed by atoms with Crippen molar-refractivity contribution in [2.75, 3.05) is 11.9 Å². The fourth-order valence-electron chi connectivity index (χ4n) is 3.29. The summed E-state index contributed by atoms with van der Waals surface area (Å²) < 4.78 is 12.2. The molecule has 0 saturated heterocycles. The minimum absolute atomic E-state index is 0.0820. The standard InChI is InChI=1S/C22H21N5O4/c1-12-9-13(2)24-22(23-12)27-18(10-14(3)26-27)25-19(28)11-30-21(29)20-15(4)16-7-5-6-8-17(16)31-20/h5-10H,11H2,1-4H3,(H,25,28). The summed E-state index contributed by atoms with van der Waals surface area (Å²) >= 11 is 0. The first kappa shape index (κ1) is 20.3. The van der Waals surface area contributed by atoms with E-state index in [1.54, 1.807) is 26.0 Å². The number of carbonyl (C=O) groups excluding carboxylic acids is 2. The zero-order valence-corrected chi connectivity index (χ0v) is 17.6. The number of esters is 1. The highest BCUT2D eigenvalue weighted by Crippen LogP contribution is 2.25. The third-order valence-corrected chi connectivity index (χ3v) is 4.62. The number of para-hydroxylation sites is 1. The minimum atomic E-state index is -0.703. The van der Waals surface area contributed by atoms with Gasteiger partial charge in [0.15, 0.2) is 6.61 Å². The van der Waals surface area contributed by atoms with E-state index in [9.17, 15) is 9.59 Å². The maximum absolute atomic E-state index is 12.4. The summed E-state index contributed by atoms with van der Waals surface area (Å²) in [5.74, 6) is -0.420. The van der Waals surface area contributed by atoms with Crippen LogP contribution in [0.25, 0.3) is 16.9 Å². The van der Waals surface area contributed by atoms with Gasteiger partial charge in [-0.25, -0.2) is 14.8 Å². The summed E-state index contributed by atoms with van der Waals surface area (Å²) in [5, 5.41) is 7.87. The largest absolute Gasteiger partial charge is 0.450 e. The Morgan fingerprint density at radius 3 is 2.45 bits per heavy atom. The third-order valence-electron chi connectivity index (χ3n) is 4.62. The van der Waals surface area contributed by atoms with Gasteiger partial charge in [0.2, 0.25) is 5.76 Å². The third kappa shape index (κ3) is 4.16. The molecule has 0 fully saturated rings. The predicted molar refractivity (Wildman–Crippen MR) is 113 cm³/mol. The van der Waals surface area contributed by atoms with E-state index in [4.69, 9.17) is 9.15 Å². The molecular weight excluding hydrogens is 398 g/mol. The number of fused-ring (bicyclic) bond motifs is 1. The van der Waals surface area contributed by atoms with Gasteiger partial charge in [0, 0.05) is 28.4 Å². The van der Waals surface area contributed by atoms with Crippen LogP contribution in [0.3, 0.4) is 0 Å². The lowest BCUT2D eigenvalue weighted by Gasteiger charge is -2.09. The minimum Gasteiger partial charge on any atom is -0.450 e. The van der Waals surface area contributed by atoms with Gasteiger partial charge < -0.3 is 14.5 Å². The first-order valence-corrected chi connectivity index (χ1v) is 9.66. The number of carbonyl (C=O) groups is 2. The van der Waals surface area contributed by atoms with Gasteiger partial charge >= 0.3 is 5.97 Å². The van der Waals surface area contributed by atoms with E-state index in [-0.39, 0.29) is 5.76 Å². The molecule has 0 saturated carbocycles. The smallest absolute Gasteiger partial charge is 0.375 e. The van der Waals surface area contributed by atoms with E-state index in [2.05, 4.69) is 20.4 Å². The van der Waals surface area contributed by atoms with E-state index in [1.165, 1.54) is 4.68 Å². The molecule has 158 valence electrons. The average Bonchev–Trinajstić information content (AvgIpc) is 3.25. The molecule has 31 heavy (non-hydrogen) atoms. The molecule has 0 atom stereocenters. The molecule has 9 heteroatoms. The number of ether oxygens (including phenoxy) is 1. The highest BCUT2D eigenvalue weighted by atomic mass is 16.5. The number of nitrogens with one attached hydrogen (secondary N) is 1. The van der Waals surface area contributed by atoms with Gasteiger partial charge in [-0.1, -0.05) is 18.2 Å². The molecule has 4 rings (SSSR count). The van der Waals surface area contributed by atoms with Crippen molar-refractivity contribution in [3.8, 4) is 5.95 Å². The lowest BCUT2D eigenvalue weighted by molar-refractivity contribution is -0.119. The van der Waals surface area contributed by atoms with Crippen LogP contribution in [-0.4, -0.2) is 38.2 Å². The Labute approximate surface area is 178 Å². The van der Waals surface area contributed by atoms with Gasteiger partial charge in [0.25, 0.3) is 11.9 Å². The van der Waals surface area contributed by atoms with E-state index < -0.39 is 18.5 Å². The fraction of sp³-hybridized carbons (Fsp3) is 0.227. The van der Waals surface area contributed by atoms with Crippen LogP contribution in [0.15, 0.2) is 40.8 Å². The number of rotatable bonds is 5.